The Bertz CT molecular complexity index is 1210. The highest BCUT2D eigenvalue weighted by Crippen LogP contribution is 2.24. The highest BCUT2D eigenvalue weighted by molar-refractivity contribution is 6.30. The first kappa shape index (κ1) is 28.7. The van der Waals surface area contributed by atoms with Crippen LogP contribution in [0.25, 0.3) is 0 Å². The van der Waals surface area contributed by atoms with Crippen LogP contribution in [-0.4, -0.2) is 44.6 Å². The van der Waals surface area contributed by atoms with Crippen LogP contribution in [0.1, 0.15) is 46.3 Å². The first-order valence-electron chi connectivity index (χ1n) is 12.6. The Morgan fingerprint density at radius 2 is 1.63 bits per heavy atom. The number of benzene rings is 3. The molecule has 0 spiro atoms. The van der Waals surface area contributed by atoms with Gasteiger partial charge in [0.15, 0.2) is 0 Å². The Labute approximate surface area is 228 Å². The molecule has 0 aliphatic carbocycles. The van der Waals surface area contributed by atoms with Crippen LogP contribution in [0.3, 0.4) is 0 Å². The predicted octanol–water partition coefficient (Wildman–Crippen LogP) is 4.72. The van der Waals surface area contributed by atoms with E-state index < -0.39 is 0 Å². The highest BCUT2D eigenvalue weighted by Gasteiger charge is 2.19. The lowest BCUT2D eigenvalue weighted by Gasteiger charge is -2.18. The number of hydrogen-bond acceptors (Lipinski definition) is 5. The molecule has 0 aromatic heterocycles. The fraction of sp³-hybridized carbons (Fsp3) is 0.300. The summed E-state index contributed by atoms with van der Waals surface area (Å²) in [5.41, 5.74) is 3.28. The number of esters is 1. The molecule has 0 radical (unpaired) electrons. The van der Waals surface area contributed by atoms with E-state index in [1.54, 1.807) is 38.3 Å². The first-order valence-corrected chi connectivity index (χ1v) is 12.9. The predicted molar refractivity (Wildman–Crippen MR) is 148 cm³/mol. The molecular weight excluding hydrogens is 504 g/mol. The standard InChI is InChI=1S/C30H33ClN2O5/c1-3-38-29(35)19-25(24-5-4-6-27(18-24)37-2)20-33-28(34)17-22-7-11-23(12-8-22)30(36)32-16-15-21-9-13-26(31)14-10-21/h4-14,18,25H,3,15-17,19-20H2,1-2H3,(H,32,36)(H,33,34). The summed E-state index contributed by atoms with van der Waals surface area (Å²) in [5, 5.41) is 6.51. The molecule has 3 aromatic rings. The SMILES string of the molecule is CCOC(=O)CC(CNC(=O)Cc1ccc(C(=O)NCCc2ccc(Cl)cc2)cc1)c1cccc(OC)c1. The summed E-state index contributed by atoms with van der Waals surface area (Å²) in [6, 6.07) is 21.9. The van der Waals surface area contributed by atoms with E-state index in [9.17, 15) is 14.4 Å². The molecule has 1 atom stereocenters. The summed E-state index contributed by atoms with van der Waals surface area (Å²) >= 11 is 5.90. The van der Waals surface area contributed by atoms with Crippen molar-refractivity contribution in [2.45, 2.75) is 32.1 Å². The van der Waals surface area contributed by atoms with Gasteiger partial charge in [-0.1, -0.05) is 48.0 Å². The number of methoxy groups -OCH3 is 1. The Morgan fingerprint density at radius 3 is 2.32 bits per heavy atom. The van der Waals surface area contributed by atoms with E-state index in [0.717, 1.165) is 16.7 Å². The molecule has 2 amide bonds. The zero-order valence-electron chi connectivity index (χ0n) is 21.7. The van der Waals surface area contributed by atoms with Crippen LogP contribution in [0.4, 0.5) is 0 Å². The molecule has 0 saturated carbocycles. The number of carbonyl (C=O) groups excluding carboxylic acids is 3. The summed E-state index contributed by atoms with van der Waals surface area (Å²) < 4.78 is 10.4. The van der Waals surface area contributed by atoms with Crippen molar-refractivity contribution in [3.8, 4) is 5.75 Å². The van der Waals surface area contributed by atoms with Crippen molar-refractivity contribution in [1.82, 2.24) is 10.6 Å². The lowest BCUT2D eigenvalue weighted by molar-refractivity contribution is -0.143. The van der Waals surface area contributed by atoms with Gasteiger partial charge < -0.3 is 20.1 Å². The van der Waals surface area contributed by atoms with Crippen LogP contribution in [0.5, 0.6) is 5.75 Å². The van der Waals surface area contributed by atoms with Crippen LogP contribution in [0.15, 0.2) is 72.8 Å². The second kappa shape index (κ2) is 14.8. The third-order valence-electron chi connectivity index (χ3n) is 6.02. The van der Waals surface area contributed by atoms with Crippen molar-refractivity contribution in [1.29, 1.82) is 0 Å². The van der Waals surface area contributed by atoms with E-state index in [1.807, 2.05) is 48.5 Å². The molecular formula is C30H33ClN2O5. The van der Waals surface area contributed by atoms with Gasteiger partial charge in [0, 0.05) is 29.6 Å². The molecule has 0 aliphatic heterocycles. The van der Waals surface area contributed by atoms with E-state index in [2.05, 4.69) is 10.6 Å². The van der Waals surface area contributed by atoms with Crippen LogP contribution >= 0.6 is 11.6 Å². The van der Waals surface area contributed by atoms with Crippen molar-refractivity contribution in [2.24, 2.45) is 0 Å². The zero-order valence-corrected chi connectivity index (χ0v) is 22.4. The Hall–Kier alpha value is -3.84. The molecule has 38 heavy (non-hydrogen) atoms. The molecule has 3 aromatic carbocycles. The zero-order chi connectivity index (χ0) is 27.3. The number of nitrogens with one attached hydrogen (secondary N) is 2. The third kappa shape index (κ3) is 9.23. The van der Waals surface area contributed by atoms with Gasteiger partial charge in [-0.15, -0.1) is 0 Å². The van der Waals surface area contributed by atoms with E-state index in [-0.39, 0.29) is 43.1 Å². The topological polar surface area (TPSA) is 93.7 Å². The van der Waals surface area contributed by atoms with Gasteiger partial charge in [-0.25, -0.2) is 0 Å². The van der Waals surface area contributed by atoms with E-state index >= 15 is 0 Å². The molecule has 7 nitrogen and oxygen atoms in total. The Kier molecular flexibility index (Phi) is 11.2. The van der Waals surface area contributed by atoms with Gasteiger partial charge in [0.05, 0.1) is 26.6 Å². The maximum absolute atomic E-state index is 12.7. The maximum Gasteiger partial charge on any atom is 0.306 e. The van der Waals surface area contributed by atoms with Crippen LogP contribution < -0.4 is 15.4 Å². The number of halogens is 1. The minimum absolute atomic E-state index is 0.142. The molecule has 0 fully saturated rings. The average molecular weight is 537 g/mol. The number of amides is 2. The molecule has 3 rings (SSSR count). The second-order valence-corrected chi connectivity index (χ2v) is 9.23. The Morgan fingerprint density at radius 1 is 0.921 bits per heavy atom. The third-order valence-corrected chi connectivity index (χ3v) is 6.27. The van der Waals surface area contributed by atoms with E-state index in [4.69, 9.17) is 21.1 Å². The van der Waals surface area contributed by atoms with Crippen molar-refractivity contribution in [2.75, 3.05) is 26.8 Å². The van der Waals surface area contributed by atoms with Crippen LogP contribution in [0.2, 0.25) is 5.02 Å². The summed E-state index contributed by atoms with van der Waals surface area (Å²) in [7, 11) is 1.58. The minimum Gasteiger partial charge on any atom is -0.497 e. The van der Waals surface area contributed by atoms with Crippen molar-refractivity contribution >= 4 is 29.4 Å². The lowest BCUT2D eigenvalue weighted by Crippen LogP contribution is -2.31. The van der Waals surface area contributed by atoms with Gasteiger partial charge in [0.25, 0.3) is 5.91 Å². The highest BCUT2D eigenvalue weighted by atomic mass is 35.5. The monoisotopic (exact) mass is 536 g/mol. The largest absolute Gasteiger partial charge is 0.497 e. The second-order valence-electron chi connectivity index (χ2n) is 8.79. The first-order chi connectivity index (χ1) is 18.4. The number of hydrogen-bond donors (Lipinski definition) is 2. The molecule has 8 heteroatoms. The molecule has 0 heterocycles. The van der Waals surface area contributed by atoms with Gasteiger partial charge in [-0.2, -0.15) is 0 Å². The fourth-order valence-corrected chi connectivity index (χ4v) is 4.08. The van der Waals surface area contributed by atoms with E-state index in [1.165, 1.54) is 0 Å². The van der Waals surface area contributed by atoms with Gasteiger partial charge in [-0.3, -0.25) is 14.4 Å². The lowest BCUT2D eigenvalue weighted by atomic mass is 9.95. The molecule has 2 N–H and O–H groups in total. The maximum atomic E-state index is 12.7. The molecule has 1 unspecified atom stereocenters. The fourth-order valence-electron chi connectivity index (χ4n) is 3.96. The quantitative estimate of drug-likeness (QED) is 0.308. The Balaban J connectivity index is 1.51. The van der Waals surface area contributed by atoms with Crippen molar-refractivity contribution in [3.05, 3.63) is 100 Å². The smallest absolute Gasteiger partial charge is 0.306 e. The molecule has 0 aliphatic rings. The summed E-state index contributed by atoms with van der Waals surface area (Å²) in [6.45, 7) is 2.84. The number of ether oxygens (including phenoxy) is 2. The summed E-state index contributed by atoms with van der Waals surface area (Å²) in [6.07, 6.45) is 1.000. The van der Waals surface area contributed by atoms with Gasteiger partial charge >= 0.3 is 5.97 Å². The summed E-state index contributed by atoms with van der Waals surface area (Å²) in [5.74, 6) is -0.252. The normalized spacial score (nSPS) is 11.3. The average Bonchev–Trinajstić information content (AvgIpc) is 2.92. The van der Waals surface area contributed by atoms with Gasteiger partial charge in [0.1, 0.15) is 5.75 Å². The molecule has 200 valence electrons. The van der Waals surface area contributed by atoms with Gasteiger partial charge in [-0.05, 0) is 66.4 Å². The minimum atomic E-state index is -0.323. The van der Waals surface area contributed by atoms with Gasteiger partial charge in [0.2, 0.25) is 5.91 Å². The van der Waals surface area contributed by atoms with Crippen molar-refractivity contribution < 1.29 is 23.9 Å². The van der Waals surface area contributed by atoms with E-state index in [0.29, 0.717) is 35.9 Å². The molecule has 0 saturated heterocycles. The number of carbonyl (C=O) groups is 3. The van der Waals surface area contributed by atoms with Crippen molar-refractivity contribution in [3.63, 3.8) is 0 Å². The number of rotatable bonds is 13. The molecule has 0 bridgehead atoms. The van der Waals surface area contributed by atoms with Crippen LogP contribution in [0, 0.1) is 0 Å². The van der Waals surface area contributed by atoms with Crippen LogP contribution in [-0.2, 0) is 27.2 Å². The summed E-state index contributed by atoms with van der Waals surface area (Å²) in [4.78, 5) is 37.3.